The van der Waals surface area contributed by atoms with E-state index in [4.69, 9.17) is 14.5 Å². The zero-order valence-electron chi connectivity index (χ0n) is 22.3. The highest BCUT2D eigenvalue weighted by molar-refractivity contribution is 9.12. The summed E-state index contributed by atoms with van der Waals surface area (Å²) in [5.74, 6) is -0.713. The van der Waals surface area contributed by atoms with Gasteiger partial charge in [0.25, 0.3) is 0 Å². The Balaban J connectivity index is 2.53. The fourth-order valence-corrected chi connectivity index (χ4v) is 6.84. The molecule has 17 nitrogen and oxygen atoms in total. The van der Waals surface area contributed by atoms with Gasteiger partial charge in [-0.25, -0.2) is 9.59 Å². The van der Waals surface area contributed by atoms with Crippen molar-refractivity contribution in [3.05, 3.63) is 64.0 Å². The van der Waals surface area contributed by atoms with Gasteiger partial charge in [-0.3, -0.25) is 30.0 Å². The third-order valence-corrected chi connectivity index (χ3v) is 8.98. The number of nitro groups is 2. The predicted molar refractivity (Wildman–Crippen MR) is 157 cm³/mol. The third kappa shape index (κ3) is 7.36. The number of carbonyl (C=O) groups is 2. The highest BCUT2D eigenvalue weighted by Crippen LogP contribution is 2.47. The molecule has 0 aromatic heterocycles. The van der Waals surface area contributed by atoms with Gasteiger partial charge in [0.15, 0.2) is 9.65 Å². The quantitative estimate of drug-likeness (QED) is 0.0993. The maximum absolute atomic E-state index is 12.2. The van der Waals surface area contributed by atoms with E-state index in [0.717, 1.165) is 12.2 Å². The fourth-order valence-electron chi connectivity index (χ4n) is 3.29. The van der Waals surface area contributed by atoms with Crippen molar-refractivity contribution in [1.29, 1.82) is 10.5 Å². The van der Waals surface area contributed by atoms with Gasteiger partial charge in [-0.2, -0.15) is 10.5 Å². The van der Waals surface area contributed by atoms with Gasteiger partial charge in [0.1, 0.15) is 32.6 Å². The minimum atomic E-state index is -2.69. The summed E-state index contributed by atoms with van der Waals surface area (Å²) in [6.45, 7) is 6.42. The normalized spacial score (nSPS) is 25.2. The van der Waals surface area contributed by atoms with Crippen LogP contribution in [-0.4, -0.2) is 55.2 Å². The Bertz CT molecular complexity index is 1310. The van der Waals surface area contributed by atoms with Gasteiger partial charge in [0.05, 0.1) is 21.0 Å². The second-order valence-electron chi connectivity index (χ2n) is 9.00. The van der Waals surface area contributed by atoms with Crippen molar-refractivity contribution in [2.75, 3.05) is 0 Å². The van der Waals surface area contributed by atoms with Gasteiger partial charge in [-0.1, -0.05) is 41.6 Å². The second kappa shape index (κ2) is 14.6. The van der Waals surface area contributed by atoms with E-state index < -0.39 is 66.4 Å². The minimum Gasteiger partial charge on any atom is -0.455 e. The van der Waals surface area contributed by atoms with Gasteiger partial charge >= 0.3 is 23.6 Å². The standard InChI is InChI=1S/C22H20Br4N6O11/c1-9(2)29-19(33)40-42-21(31(35)36)15(23)5-13(11(7-27)17(21)25)39-14-6-16(24)22(32(37)38,18(26)12(14)8-28)43-41-20(34)30-10(3)4/h5-6,9-10,17-18H,1-4H3,(H,29,33)(H,30,34). The number of alkyl halides is 2. The van der Waals surface area contributed by atoms with Crippen LogP contribution in [0.4, 0.5) is 9.59 Å². The summed E-state index contributed by atoms with van der Waals surface area (Å²) in [7, 11) is 0. The average molecular weight is 864 g/mol. The van der Waals surface area contributed by atoms with Crippen molar-refractivity contribution in [2.45, 2.75) is 60.9 Å². The number of carbonyl (C=O) groups excluding carboxylic acids is 2. The highest BCUT2D eigenvalue weighted by atomic mass is 79.9. The van der Waals surface area contributed by atoms with Crippen molar-refractivity contribution in [2.24, 2.45) is 0 Å². The largest absolute Gasteiger partial charge is 0.455 e. The third-order valence-electron chi connectivity index (χ3n) is 5.23. The van der Waals surface area contributed by atoms with Gasteiger partial charge in [0, 0.05) is 24.2 Å². The molecule has 0 radical (unpaired) electrons. The molecule has 0 saturated heterocycles. The monoisotopic (exact) mass is 860 g/mol. The van der Waals surface area contributed by atoms with Crippen molar-refractivity contribution in [3.63, 3.8) is 0 Å². The van der Waals surface area contributed by atoms with Crippen LogP contribution >= 0.6 is 63.7 Å². The molecule has 0 heterocycles. The molecule has 2 amide bonds. The van der Waals surface area contributed by atoms with Crippen LogP contribution in [0.5, 0.6) is 0 Å². The molecule has 0 spiro atoms. The smallest absolute Gasteiger partial charge is 0.439 e. The molecule has 0 fully saturated rings. The number of nitriles is 2. The van der Waals surface area contributed by atoms with E-state index in [9.17, 15) is 40.3 Å². The number of allylic oxidation sites excluding steroid dienone is 2. The van der Waals surface area contributed by atoms with Crippen LogP contribution in [0.2, 0.25) is 0 Å². The molecule has 2 aliphatic rings. The Kier molecular flexibility index (Phi) is 12.3. The van der Waals surface area contributed by atoms with Gasteiger partial charge in [-0.15, -0.1) is 0 Å². The van der Waals surface area contributed by atoms with Crippen molar-refractivity contribution < 1.29 is 43.7 Å². The molecular weight excluding hydrogens is 844 g/mol. The van der Waals surface area contributed by atoms with Gasteiger partial charge < -0.3 is 15.4 Å². The summed E-state index contributed by atoms with van der Waals surface area (Å²) in [5, 5.41) is 48.8. The Morgan fingerprint density at radius 2 is 1.16 bits per heavy atom. The van der Waals surface area contributed by atoms with Crippen LogP contribution in [0.3, 0.4) is 0 Å². The van der Waals surface area contributed by atoms with Crippen LogP contribution in [0.1, 0.15) is 27.7 Å². The number of hydrogen-bond acceptors (Lipinski definition) is 13. The Morgan fingerprint density at radius 3 is 1.42 bits per heavy atom. The Hall–Kier alpha value is -3.08. The van der Waals surface area contributed by atoms with Gasteiger partial charge in [0.2, 0.25) is 0 Å². The zero-order chi connectivity index (χ0) is 32.9. The molecule has 21 heteroatoms. The first kappa shape index (κ1) is 36.1. The van der Waals surface area contributed by atoms with E-state index in [-0.39, 0.29) is 20.5 Å². The van der Waals surface area contributed by atoms with E-state index in [1.54, 1.807) is 39.8 Å². The fraction of sp³-hybridized carbons (Fsp3) is 0.455. The Labute approximate surface area is 276 Å². The van der Waals surface area contributed by atoms with Crippen molar-refractivity contribution in [3.8, 4) is 12.1 Å². The average Bonchev–Trinajstić information content (AvgIpc) is 2.87. The van der Waals surface area contributed by atoms with E-state index in [2.05, 4.69) is 84.1 Å². The number of nitrogens with zero attached hydrogens (tertiary/aromatic N) is 4. The van der Waals surface area contributed by atoms with Crippen LogP contribution < -0.4 is 10.6 Å². The maximum Gasteiger partial charge on any atom is 0.439 e. The van der Waals surface area contributed by atoms with E-state index in [0.29, 0.717) is 0 Å². The summed E-state index contributed by atoms with van der Waals surface area (Å²) >= 11 is 12.1. The topological polar surface area (TPSA) is 238 Å². The summed E-state index contributed by atoms with van der Waals surface area (Å²) in [4.78, 5) is 62.1. The molecule has 0 aromatic rings. The lowest BCUT2D eigenvalue weighted by Gasteiger charge is -2.32. The van der Waals surface area contributed by atoms with E-state index in [1.165, 1.54) is 0 Å². The van der Waals surface area contributed by atoms with Gasteiger partial charge in [-0.05, 0) is 59.6 Å². The SMILES string of the molecule is CC(C)NC(=O)OOC1([N+](=O)[O-])C(Br)=CC(OC2=C(C#N)C(Br)C(OOC(=O)NC(C)C)([N+](=O)[O-])C(Br)=C2)=C(C#N)C1Br. The van der Waals surface area contributed by atoms with Crippen LogP contribution in [0.15, 0.2) is 43.8 Å². The lowest BCUT2D eigenvalue weighted by Crippen LogP contribution is -2.53. The summed E-state index contributed by atoms with van der Waals surface area (Å²) in [6, 6.07) is 2.68. The van der Waals surface area contributed by atoms with E-state index >= 15 is 0 Å². The summed E-state index contributed by atoms with van der Waals surface area (Å²) in [6.07, 6.45) is -0.373. The molecule has 2 N–H and O–H groups in total. The number of nitrogens with one attached hydrogen (secondary N) is 2. The number of ether oxygens (including phenoxy) is 1. The van der Waals surface area contributed by atoms with Crippen molar-refractivity contribution in [1.82, 2.24) is 10.6 Å². The highest BCUT2D eigenvalue weighted by Gasteiger charge is 2.63. The number of halogens is 4. The minimum absolute atomic E-state index is 0.356. The Morgan fingerprint density at radius 1 is 0.837 bits per heavy atom. The molecule has 43 heavy (non-hydrogen) atoms. The van der Waals surface area contributed by atoms with E-state index in [1.807, 2.05) is 0 Å². The molecule has 2 rings (SSSR count). The molecule has 2 aliphatic carbocycles. The first-order valence-electron chi connectivity index (χ1n) is 11.6. The molecule has 0 aliphatic heterocycles. The zero-order valence-corrected chi connectivity index (χ0v) is 28.6. The molecule has 0 bridgehead atoms. The molecule has 232 valence electrons. The molecule has 0 aromatic carbocycles. The second-order valence-corrected chi connectivity index (χ2v) is 12.5. The predicted octanol–water partition coefficient (Wildman–Crippen LogP) is 4.75. The number of hydrogen-bond donors (Lipinski definition) is 2. The number of amides is 2. The summed E-state index contributed by atoms with van der Waals surface area (Å²) < 4.78 is 4.99. The molecule has 0 saturated carbocycles. The maximum atomic E-state index is 12.2. The van der Waals surface area contributed by atoms with Crippen LogP contribution in [-0.2, 0) is 24.3 Å². The lowest BCUT2D eigenvalue weighted by atomic mass is 9.95. The van der Waals surface area contributed by atoms with Crippen LogP contribution in [0.25, 0.3) is 0 Å². The number of rotatable bonds is 10. The first-order chi connectivity index (χ1) is 20.0. The molecule has 4 atom stereocenters. The van der Waals surface area contributed by atoms with Crippen LogP contribution in [0, 0.1) is 42.9 Å². The molecule has 4 unspecified atom stereocenters. The lowest BCUT2D eigenvalue weighted by molar-refractivity contribution is -0.648. The molecular formula is C22H20Br4N6O11. The summed E-state index contributed by atoms with van der Waals surface area (Å²) in [5.41, 5.74) is -6.29. The first-order valence-corrected chi connectivity index (χ1v) is 15.0. The van der Waals surface area contributed by atoms with Crippen molar-refractivity contribution >= 4 is 75.9 Å².